The van der Waals surface area contributed by atoms with Gasteiger partial charge in [-0.1, -0.05) is 132 Å². The number of hydrogen-bond donors (Lipinski definition) is 5. The average molecular weight is 1070 g/mol. The molecule has 0 radical (unpaired) electrons. The maximum atomic E-state index is 12.9. The summed E-state index contributed by atoms with van der Waals surface area (Å²) < 4.78 is 62.6. The highest BCUT2D eigenvalue weighted by molar-refractivity contribution is 7.61. The van der Waals surface area contributed by atoms with Crippen LogP contribution in [0.3, 0.4) is 0 Å². The molecule has 73 heavy (non-hydrogen) atoms. The van der Waals surface area contributed by atoms with Crippen molar-refractivity contribution in [3.63, 3.8) is 0 Å². The number of phosphoric ester groups is 2. The lowest BCUT2D eigenvalue weighted by molar-refractivity contribution is -0.161. The Bertz CT molecular complexity index is 2030. The number of allylic oxidation sites excluding steroid dienone is 9. The number of nitrogens with two attached hydrogens (primary N) is 1. The first-order valence-electron chi connectivity index (χ1n) is 26.4. The molecule has 2 aliphatic rings. The molecular weight excluding hydrogens is 985 g/mol. The molecule has 19 nitrogen and oxygen atoms in total. The van der Waals surface area contributed by atoms with Crippen LogP contribution >= 0.6 is 15.6 Å². The van der Waals surface area contributed by atoms with E-state index >= 15 is 0 Å². The molecule has 414 valence electrons. The largest absolute Gasteiger partial charge is 0.481 e. The third kappa shape index (κ3) is 29.3. The maximum absolute atomic E-state index is 12.9. The number of carbonyl (C=O) groups excluding carboxylic acids is 2. The van der Waals surface area contributed by atoms with Crippen molar-refractivity contribution in [1.29, 1.82) is 0 Å². The Labute approximate surface area is 432 Å². The van der Waals surface area contributed by atoms with Gasteiger partial charge < -0.3 is 44.7 Å². The van der Waals surface area contributed by atoms with E-state index in [0.717, 1.165) is 94.2 Å². The lowest BCUT2D eigenvalue weighted by atomic mass is 10.1. The van der Waals surface area contributed by atoms with E-state index < -0.39 is 83.7 Å². The zero-order valence-electron chi connectivity index (χ0n) is 43.1. The first-order valence-corrected chi connectivity index (χ1v) is 29.4. The van der Waals surface area contributed by atoms with Crippen LogP contribution in [0.5, 0.6) is 0 Å². The number of phosphoric acid groups is 2. The number of hydrogen-bond acceptors (Lipinski definition) is 16. The topological polar surface area (TPSA) is 278 Å². The average Bonchev–Trinajstić information content (AvgIpc) is 4.04. The molecule has 0 amide bonds. The summed E-state index contributed by atoms with van der Waals surface area (Å²) in [7, 11) is -10.9. The molecule has 2 aliphatic heterocycles. The number of aliphatic hydroxyl groups excluding tert-OH is 2. The summed E-state index contributed by atoms with van der Waals surface area (Å²) in [5, 5.41) is 20.9. The van der Waals surface area contributed by atoms with E-state index in [1.165, 1.54) is 44.6 Å². The summed E-state index contributed by atoms with van der Waals surface area (Å²) in [6, 6.07) is 1.24. The van der Waals surface area contributed by atoms with Crippen LogP contribution in [0.1, 0.15) is 174 Å². The number of aromatic nitrogens is 2. The second-order valence-electron chi connectivity index (χ2n) is 18.4. The van der Waals surface area contributed by atoms with Crippen molar-refractivity contribution < 1.29 is 71.0 Å². The fourth-order valence-electron chi connectivity index (χ4n) is 7.78. The van der Waals surface area contributed by atoms with Crippen molar-refractivity contribution in [2.24, 2.45) is 0 Å². The Morgan fingerprint density at radius 2 is 1.23 bits per heavy atom. The number of ether oxygens (including phenoxy) is 4. The summed E-state index contributed by atoms with van der Waals surface area (Å²) in [5.41, 5.74) is 4.59. The van der Waals surface area contributed by atoms with Crippen LogP contribution in [0.25, 0.3) is 0 Å². The van der Waals surface area contributed by atoms with E-state index in [2.05, 4.69) is 83.9 Å². The highest BCUT2D eigenvalue weighted by Gasteiger charge is 2.46. The monoisotopic (exact) mass is 1070 g/mol. The zero-order chi connectivity index (χ0) is 53.2. The summed E-state index contributed by atoms with van der Waals surface area (Å²) in [5.74, 6) is -1.39. The van der Waals surface area contributed by atoms with E-state index in [0.29, 0.717) is 19.3 Å². The highest BCUT2D eigenvalue weighted by atomic mass is 31.3. The number of nitrogen functional groups attached to an aromatic ring is 1. The van der Waals surface area contributed by atoms with Gasteiger partial charge in [-0.2, -0.15) is 9.29 Å². The van der Waals surface area contributed by atoms with Crippen molar-refractivity contribution in [1.82, 2.24) is 9.55 Å². The number of rotatable bonds is 42. The van der Waals surface area contributed by atoms with Crippen LogP contribution in [0.2, 0.25) is 0 Å². The SMILES string of the molecule is CCCCC/C=C\C/C=C\C/C=C\CC1OC1CCCC(=O)OC[C@H](COP(=O)(O)OP(=O)(O)OC[C@H]1O[C@@H](n2ccc(N)nc2=O)[C@H](O)[C@@H]1O)OC(=O)CCCCCCCCC/C=C\C/C=C\CCCCC. The Hall–Kier alpha value is -3.58. The minimum Gasteiger partial charge on any atom is -0.462 e. The molecule has 6 N–H and O–H groups in total. The van der Waals surface area contributed by atoms with Gasteiger partial charge in [-0.15, -0.1) is 0 Å². The third-order valence-corrected chi connectivity index (χ3v) is 14.6. The molecule has 4 unspecified atom stereocenters. The van der Waals surface area contributed by atoms with E-state index in [4.69, 9.17) is 33.7 Å². The van der Waals surface area contributed by atoms with Gasteiger partial charge in [-0.3, -0.25) is 23.2 Å². The molecule has 0 bridgehead atoms. The van der Waals surface area contributed by atoms with Crippen LogP contribution in [-0.2, 0) is 51.0 Å². The normalized spacial score (nSPS) is 22.2. The van der Waals surface area contributed by atoms with E-state index in [1.807, 2.05) is 0 Å². The summed E-state index contributed by atoms with van der Waals surface area (Å²) in [6.45, 7) is 2.03. The Balaban J connectivity index is 1.41. The molecule has 0 saturated carbocycles. The molecule has 0 aliphatic carbocycles. The van der Waals surface area contributed by atoms with E-state index in [-0.39, 0.29) is 30.9 Å². The molecule has 3 rings (SSSR count). The zero-order valence-corrected chi connectivity index (χ0v) is 44.9. The molecule has 21 heteroatoms. The van der Waals surface area contributed by atoms with Gasteiger partial charge in [0.05, 0.1) is 25.4 Å². The van der Waals surface area contributed by atoms with Crippen LogP contribution in [-0.4, -0.2) is 97.9 Å². The van der Waals surface area contributed by atoms with Crippen LogP contribution in [0.4, 0.5) is 5.82 Å². The fourth-order valence-corrected chi connectivity index (χ4v) is 9.89. The Morgan fingerprint density at radius 1 is 0.685 bits per heavy atom. The molecule has 2 saturated heterocycles. The fraction of sp³-hybridized carbons (Fsp3) is 0.692. The molecule has 9 atom stereocenters. The molecule has 0 aromatic carbocycles. The number of unbranched alkanes of at least 4 members (excludes halogenated alkanes) is 13. The second-order valence-corrected chi connectivity index (χ2v) is 21.4. The quantitative estimate of drug-likeness (QED) is 0.0134. The molecule has 2 fully saturated rings. The number of epoxide rings is 1. The minimum absolute atomic E-state index is 0.0225. The lowest BCUT2D eigenvalue weighted by Crippen LogP contribution is -2.36. The van der Waals surface area contributed by atoms with Gasteiger partial charge in [0.25, 0.3) is 0 Å². The lowest BCUT2D eigenvalue weighted by Gasteiger charge is -2.21. The van der Waals surface area contributed by atoms with Crippen molar-refractivity contribution in [2.45, 2.75) is 211 Å². The van der Waals surface area contributed by atoms with Crippen LogP contribution in [0, 0.1) is 0 Å². The van der Waals surface area contributed by atoms with Gasteiger partial charge in [0.15, 0.2) is 12.3 Å². The second kappa shape index (κ2) is 37.2. The van der Waals surface area contributed by atoms with E-state index in [1.54, 1.807) is 0 Å². The molecule has 1 aromatic heterocycles. The molecule has 1 aromatic rings. The van der Waals surface area contributed by atoms with Gasteiger partial charge >= 0.3 is 33.3 Å². The third-order valence-electron chi connectivity index (χ3n) is 12.0. The Morgan fingerprint density at radius 3 is 1.85 bits per heavy atom. The first kappa shape index (κ1) is 63.7. The Kier molecular flexibility index (Phi) is 32.5. The van der Waals surface area contributed by atoms with Crippen molar-refractivity contribution in [3.05, 3.63) is 83.5 Å². The van der Waals surface area contributed by atoms with Gasteiger partial charge in [0.1, 0.15) is 30.7 Å². The number of carbonyl (C=O) groups is 2. The van der Waals surface area contributed by atoms with Crippen LogP contribution in [0.15, 0.2) is 77.8 Å². The summed E-state index contributed by atoms with van der Waals surface area (Å²) in [4.78, 5) is 62.1. The van der Waals surface area contributed by atoms with Gasteiger partial charge in [0.2, 0.25) is 0 Å². The van der Waals surface area contributed by atoms with Crippen molar-refractivity contribution in [3.8, 4) is 0 Å². The summed E-state index contributed by atoms with van der Waals surface area (Å²) >= 11 is 0. The maximum Gasteiger partial charge on any atom is 0.481 e. The summed E-state index contributed by atoms with van der Waals surface area (Å²) in [6.07, 6.45) is 37.3. The van der Waals surface area contributed by atoms with Crippen LogP contribution < -0.4 is 11.4 Å². The van der Waals surface area contributed by atoms with Gasteiger partial charge in [0, 0.05) is 19.0 Å². The predicted octanol–water partition coefficient (Wildman–Crippen LogP) is 10.1. The number of anilines is 1. The van der Waals surface area contributed by atoms with Gasteiger partial charge in [-0.25, -0.2) is 13.9 Å². The number of aliphatic hydroxyl groups is 2. The molecule has 0 spiro atoms. The first-order chi connectivity index (χ1) is 35.1. The number of esters is 2. The standard InChI is InChI=1S/C52H85N3O16P2/c1-3-5-7-9-11-13-15-17-18-19-20-21-23-25-27-29-31-35-48(57)68-42(39-65-47(56)36-32-34-44-43(69-44)33-30-28-26-24-22-16-14-12-10-8-6-4-2)40-66-72(61,62)71-73(63,64)67-41-45-49(58)50(59)51(70-45)55-38-37-46(53)54-52(55)60/h11-14,17-18,22,24,28,30,37-38,42-45,49-51,58-59H,3-10,15-16,19-21,23,25-27,29,31-36,39-41H2,1-2H3,(H,61,62)(H,63,64)(H2,53,54,60)/b13-11-,14-12-,18-17-,24-22-,30-28-/t42-,43?,44?,45-,49-,50-,51-/m1/s1. The smallest absolute Gasteiger partial charge is 0.462 e. The predicted molar refractivity (Wildman–Crippen MR) is 279 cm³/mol. The van der Waals surface area contributed by atoms with Crippen molar-refractivity contribution >= 4 is 33.4 Å². The minimum atomic E-state index is -5.45. The van der Waals surface area contributed by atoms with E-state index in [9.17, 15) is 43.5 Å². The molecular formula is C52H85N3O16P2. The molecule has 3 heterocycles. The van der Waals surface area contributed by atoms with Gasteiger partial charge in [-0.05, 0) is 89.5 Å². The van der Waals surface area contributed by atoms with Crippen molar-refractivity contribution in [2.75, 3.05) is 25.6 Å². The number of nitrogens with zero attached hydrogens (tertiary/aromatic N) is 2. The highest BCUT2D eigenvalue weighted by Crippen LogP contribution is 2.60.